The molecular formula is C29H23ClN2O3. The lowest BCUT2D eigenvalue weighted by atomic mass is 9.64. The van der Waals surface area contributed by atoms with Crippen LogP contribution >= 0.6 is 11.6 Å². The van der Waals surface area contributed by atoms with E-state index in [1.165, 1.54) is 6.92 Å². The fourth-order valence-electron chi connectivity index (χ4n) is 6.25. The van der Waals surface area contributed by atoms with Crippen molar-refractivity contribution in [2.24, 2.45) is 5.92 Å². The third kappa shape index (κ3) is 2.91. The van der Waals surface area contributed by atoms with Crippen LogP contribution in [-0.4, -0.2) is 29.6 Å². The summed E-state index contributed by atoms with van der Waals surface area (Å²) in [6.07, 6.45) is 3.99. The zero-order valence-corrected chi connectivity index (χ0v) is 20.0. The highest BCUT2D eigenvalue weighted by atomic mass is 35.5. The molecule has 0 saturated carbocycles. The number of amides is 1. The summed E-state index contributed by atoms with van der Waals surface area (Å²) in [6.45, 7) is 3.52. The van der Waals surface area contributed by atoms with Crippen LogP contribution in [0.25, 0.3) is 6.08 Å². The third-order valence-corrected chi connectivity index (χ3v) is 7.87. The Balaban J connectivity index is 1.65. The van der Waals surface area contributed by atoms with Gasteiger partial charge in [-0.3, -0.25) is 14.4 Å². The maximum absolute atomic E-state index is 14.3. The quantitative estimate of drug-likeness (QED) is 0.520. The Hall–Kier alpha value is -3.70. The van der Waals surface area contributed by atoms with Gasteiger partial charge in [0.25, 0.3) is 0 Å². The molecule has 1 saturated heterocycles. The average molecular weight is 483 g/mol. The van der Waals surface area contributed by atoms with Crippen molar-refractivity contribution in [3.63, 3.8) is 0 Å². The first-order chi connectivity index (χ1) is 16.8. The van der Waals surface area contributed by atoms with Crippen LogP contribution in [0.15, 0.2) is 72.8 Å². The van der Waals surface area contributed by atoms with Gasteiger partial charge in [-0.15, -0.1) is 0 Å². The minimum Gasteiger partial charge on any atom is -0.352 e. The summed E-state index contributed by atoms with van der Waals surface area (Å²) < 4.78 is 0. The molecule has 4 atom stereocenters. The average Bonchev–Trinajstić information content (AvgIpc) is 3.32. The predicted octanol–water partition coefficient (Wildman–Crippen LogP) is 5.21. The number of hydrogen-bond acceptors (Lipinski definition) is 4. The molecule has 0 radical (unpaired) electrons. The van der Waals surface area contributed by atoms with Crippen molar-refractivity contribution < 1.29 is 14.4 Å². The number of carbonyl (C=O) groups is 3. The van der Waals surface area contributed by atoms with Gasteiger partial charge < -0.3 is 10.2 Å². The maximum atomic E-state index is 14.3. The molecular weight excluding hydrogens is 460 g/mol. The topological polar surface area (TPSA) is 66.5 Å². The van der Waals surface area contributed by atoms with E-state index in [-0.39, 0.29) is 17.5 Å². The molecule has 1 N–H and O–H groups in total. The Morgan fingerprint density at radius 1 is 1.03 bits per heavy atom. The van der Waals surface area contributed by atoms with Gasteiger partial charge >= 0.3 is 0 Å². The smallest absolute Gasteiger partial charge is 0.238 e. The van der Waals surface area contributed by atoms with Gasteiger partial charge in [0, 0.05) is 22.0 Å². The van der Waals surface area contributed by atoms with E-state index in [4.69, 9.17) is 11.6 Å². The summed E-state index contributed by atoms with van der Waals surface area (Å²) in [5.74, 6) is -1.58. The molecule has 6 rings (SSSR count). The van der Waals surface area contributed by atoms with Crippen LogP contribution in [0, 0.1) is 12.8 Å². The number of hydrogen-bond donors (Lipinski definition) is 1. The molecule has 1 fully saturated rings. The summed E-state index contributed by atoms with van der Waals surface area (Å²) in [4.78, 5) is 43.6. The van der Waals surface area contributed by atoms with E-state index in [0.29, 0.717) is 16.3 Å². The Labute approximate surface area is 208 Å². The highest BCUT2D eigenvalue weighted by Crippen LogP contribution is 2.57. The van der Waals surface area contributed by atoms with E-state index in [2.05, 4.69) is 11.4 Å². The van der Waals surface area contributed by atoms with E-state index in [1.807, 2.05) is 60.4 Å². The van der Waals surface area contributed by atoms with Crippen molar-refractivity contribution >= 4 is 46.5 Å². The number of Topliss-reactive ketones (excluding diaryl/α,β-unsaturated/α-hetero) is 2. The summed E-state index contributed by atoms with van der Waals surface area (Å²) in [5.41, 5.74) is 3.51. The second-order valence-electron chi connectivity index (χ2n) is 9.55. The van der Waals surface area contributed by atoms with Crippen molar-refractivity contribution in [2.45, 2.75) is 31.3 Å². The number of fused-ring (bicyclic) bond motifs is 6. The molecule has 3 aliphatic heterocycles. The normalized spacial score (nSPS) is 25.7. The number of ketones is 2. The molecule has 5 nitrogen and oxygen atoms in total. The van der Waals surface area contributed by atoms with E-state index < -0.39 is 23.4 Å². The van der Waals surface area contributed by atoms with Crippen molar-refractivity contribution in [2.75, 3.05) is 10.2 Å². The number of halogens is 1. The van der Waals surface area contributed by atoms with Crippen molar-refractivity contribution in [1.29, 1.82) is 0 Å². The van der Waals surface area contributed by atoms with E-state index in [0.717, 1.165) is 22.4 Å². The zero-order valence-electron chi connectivity index (χ0n) is 19.3. The highest BCUT2D eigenvalue weighted by Gasteiger charge is 2.69. The standard InChI is InChI=1S/C29H23ClN2O3/c1-16-7-13-23-19(15-16)10-14-24-29(21-5-3-4-6-22(21)31-28(29)35)25(26(17(2)33)32(23)24)27(34)18-8-11-20(30)12-9-18/h3-15,24-26H,1-2H3,(H,31,35)/t24-,25+,26-,29-/m1/s1. The maximum Gasteiger partial charge on any atom is 0.238 e. The second-order valence-corrected chi connectivity index (χ2v) is 9.98. The number of anilines is 2. The number of aryl methyl sites for hydroxylation is 1. The zero-order chi connectivity index (χ0) is 24.5. The summed E-state index contributed by atoms with van der Waals surface area (Å²) >= 11 is 6.09. The number of nitrogens with one attached hydrogen (secondary N) is 1. The van der Waals surface area contributed by atoms with E-state index in [9.17, 15) is 14.4 Å². The molecule has 0 aliphatic carbocycles. The molecule has 6 heteroatoms. The Kier molecular flexibility index (Phi) is 4.77. The Morgan fingerprint density at radius 2 is 1.77 bits per heavy atom. The predicted molar refractivity (Wildman–Crippen MR) is 137 cm³/mol. The van der Waals surface area contributed by atoms with Gasteiger partial charge in [0.15, 0.2) is 11.6 Å². The van der Waals surface area contributed by atoms with Crippen LogP contribution in [0.5, 0.6) is 0 Å². The Morgan fingerprint density at radius 3 is 2.51 bits per heavy atom. The molecule has 3 aromatic carbocycles. The lowest BCUT2D eigenvalue weighted by molar-refractivity contribution is -0.122. The number of benzene rings is 3. The van der Waals surface area contributed by atoms with E-state index in [1.54, 1.807) is 24.3 Å². The fraction of sp³-hybridized carbons (Fsp3) is 0.207. The lowest BCUT2D eigenvalue weighted by Crippen LogP contribution is -2.51. The van der Waals surface area contributed by atoms with Gasteiger partial charge in [0.2, 0.25) is 5.91 Å². The van der Waals surface area contributed by atoms with Gasteiger partial charge in [-0.25, -0.2) is 0 Å². The first kappa shape index (κ1) is 21.8. The van der Waals surface area contributed by atoms with Crippen LogP contribution in [0.3, 0.4) is 0 Å². The van der Waals surface area contributed by atoms with Crippen LogP contribution in [0.2, 0.25) is 5.02 Å². The number of para-hydroxylation sites is 1. The van der Waals surface area contributed by atoms with Gasteiger partial charge in [-0.05, 0) is 67.4 Å². The van der Waals surface area contributed by atoms with Crippen molar-refractivity contribution in [1.82, 2.24) is 0 Å². The van der Waals surface area contributed by atoms with Crippen LogP contribution in [0.4, 0.5) is 11.4 Å². The van der Waals surface area contributed by atoms with E-state index >= 15 is 0 Å². The van der Waals surface area contributed by atoms with Crippen LogP contribution in [-0.2, 0) is 15.0 Å². The first-order valence-corrected chi connectivity index (χ1v) is 12.0. The van der Waals surface area contributed by atoms with Gasteiger partial charge in [0.1, 0.15) is 5.41 Å². The molecule has 0 aromatic heterocycles. The minimum atomic E-state index is -1.26. The molecule has 3 aliphatic rings. The summed E-state index contributed by atoms with van der Waals surface area (Å²) in [6, 6.07) is 18.9. The number of rotatable bonds is 3. The fourth-order valence-corrected chi connectivity index (χ4v) is 6.37. The lowest BCUT2D eigenvalue weighted by Gasteiger charge is -2.37. The van der Waals surface area contributed by atoms with Gasteiger partial charge in [0.05, 0.1) is 18.0 Å². The molecule has 35 heavy (non-hydrogen) atoms. The molecule has 3 aromatic rings. The molecule has 3 heterocycles. The largest absolute Gasteiger partial charge is 0.352 e. The monoisotopic (exact) mass is 482 g/mol. The minimum absolute atomic E-state index is 0.154. The number of nitrogens with zero attached hydrogens (tertiary/aromatic N) is 1. The summed E-state index contributed by atoms with van der Waals surface area (Å²) in [7, 11) is 0. The Bertz CT molecular complexity index is 1440. The van der Waals surface area contributed by atoms with Crippen molar-refractivity contribution in [3.05, 3.63) is 100 Å². The second kappa shape index (κ2) is 7.65. The van der Waals surface area contributed by atoms with Crippen LogP contribution < -0.4 is 10.2 Å². The van der Waals surface area contributed by atoms with Gasteiger partial charge in [-0.1, -0.05) is 53.6 Å². The van der Waals surface area contributed by atoms with Crippen LogP contribution in [0.1, 0.15) is 34.0 Å². The number of carbonyl (C=O) groups excluding carboxylic acids is 3. The molecule has 1 amide bonds. The molecule has 0 unspecified atom stereocenters. The summed E-state index contributed by atoms with van der Waals surface area (Å²) in [5, 5.41) is 3.53. The van der Waals surface area contributed by atoms with Gasteiger partial charge in [-0.2, -0.15) is 0 Å². The highest BCUT2D eigenvalue weighted by molar-refractivity contribution is 6.30. The first-order valence-electron chi connectivity index (χ1n) is 11.6. The molecule has 1 spiro atoms. The molecule has 0 bridgehead atoms. The molecule has 174 valence electrons. The SMILES string of the molecule is CC(=O)[C@@H]1[C@@H](C(=O)c2ccc(Cl)cc2)[C@]2(C(=O)Nc3ccccc32)[C@H]2C=Cc3cc(C)ccc3N12. The third-order valence-electron chi connectivity index (χ3n) is 7.62. The van der Waals surface area contributed by atoms with Crippen molar-refractivity contribution in [3.8, 4) is 0 Å².